The number of aryl methyl sites for hydroxylation is 2. The van der Waals surface area contributed by atoms with Gasteiger partial charge in [0.15, 0.2) is 0 Å². The molecular formula is C16H22FN3. The lowest BCUT2D eigenvalue weighted by Gasteiger charge is -2.17. The number of anilines is 1. The molecule has 0 aliphatic carbocycles. The van der Waals surface area contributed by atoms with Crippen LogP contribution in [0.5, 0.6) is 0 Å². The molecule has 0 aliphatic rings. The van der Waals surface area contributed by atoms with Crippen molar-refractivity contribution >= 4 is 16.6 Å². The summed E-state index contributed by atoms with van der Waals surface area (Å²) in [6, 6.07) is 5.65. The van der Waals surface area contributed by atoms with Crippen molar-refractivity contribution in [3.8, 4) is 0 Å². The lowest BCUT2D eigenvalue weighted by atomic mass is 10.0. The number of nitrogens with two attached hydrogens (primary N) is 1. The van der Waals surface area contributed by atoms with Gasteiger partial charge in [-0.1, -0.05) is 0 Å². The molecule has 0 saturated carbocycles. The van der Waals surface area contributed by atoms with Gasteiger partial charge in [-0.2, -0.15) is 0 Å². The first-order valence-corrected chi connectivity index (χ1v) is 7.00. The SMILES string of the molecule is Cc1cc(N(C)C)c2cc(CCCCN)cc(F)c2n1. The van der Waals surface area contributed by atoms with Gasteiger partial charge in [-0.05, 0) is 56.5 Å². The lowest BCUT2D eigenvalue weighted by molar-refractivity contribution is 0.632. The quantitative estimate of drug-likeness (QED) is 0.853. The molecule has 2 N–H and O–H groups in total. The topological polar surface area (TPSA) is 42.1 Å². The van der Waals surface area contributed by atoms with Crippen LogP contribution >= 0.6 is 0 Å². The molecule has 3 nitrogen and oxygen atoms in total. The summed E-state index contributed by atoms with van der Waals surface area (Å²) in [5.41, 5.74) is 8.81. The van der Waals surface area contributed by atoms with Crippen molar-refractivity contribution in [1.29, 1.82) is 0 Å². The Labute approximate surface area is 119 Å². The molecule has 0 atom stereocenters. The molecule has 20 heavy (non-hydrogen) atoms. The van der Waals surface area contributed by atoms with Crippen LogP contribution in [0.3, 0.4) is 0 Å². The minimum absolute atomic E-state index is 0.239. The zero-order valence-electron chi connectivity index (χ0n) is 12.4. The Morgan fingerprint density at radius 1 is 1.20 bits per heavy atom. The van der Waals surface area contributed by atoms with Crippen molar-refractivity contribution in [3.63, 3.8) is 0 Å². The number of unbranched alkanes of at least 4 members (excludes halogenated alkanes) is 1. The molecule has 2 aromatic rings. The molecule has 0 fully saturated rings. The Kier molecular flexibility index (Phi) is 4.55. The number of halogens is 1. The van der Waals surface area contributed by atoms with Gasteiger partial charge in [0.05, 0.1) is 0 Å². The van der Waals surface area contributed by atoms with E-state index in [1.54, 1.807) is 6.07 Å². The van der Waals surface area contributed by atoms with Crippen molar-refractivity contribution in [2.45, 2.75) is 26.2 Å². The maximum Gasteiger partial charge on any atom is 0.149 e. The number of rotatable bonds is 5. The lowest BCUT2D eigenvalue weighted by Crippen LogP contribution is -2.10. The molecule has 0 amide bonds. The summed E-state index contributed by atoms with van der Waals surface area (Å²) in [7, 11) is 3.93. The predicted molar refractivity (Wildman–Crippen MR) is 82.8 cm³/mol. The molecule has 108 valence electrons. The maximum absolute atomic E-state index is 14.3. The van der Waals surface area contributed by atoms with Crippen LogP contribution in [-0.2, 0) is 6.42 Å². The number of hydrogen-bond donors (Lipinski definition) is 1. The smallest absolute Gasteiger partial charge is 0.149 e. The highest BCUT2D eigenvalue weighted by Crippen LogP contribution is 2.28. The zero-order valence-corrected chi connectivity index (χ0v) is 12.4. The number of aromatic nitrogens is 1. The van der Waals surface area contributed by atoms with E-state index in [9.17, 15) is 4.39 Å². The minimum atomic E-state index is -0.239. The predicted octanol–water partition coefficient (Wildman–Crippen LogP) is 3.03. The van der Waals surface area contributed by atoms with Crippen molar-refractivity contribution in [1.82, 2.24) is 4.98 Å². The van der Waals surface area contributed by atoms with Crippen LogP contribution in [0.15, 0.2) is 18.2 Å². The molecule has 0 radical (unpaired) electrons. The zero-order chi connectivity index (χ0) is 14.7. The van der Waals surface area contributed by atoms with E-state index < -0.39 is 0 Å². The summed E-state index contributed by atoms with van der Waals surface area (Å²) >= 11 is 0. The van der Waals surface area contributed by atoms with Crippen LogP contribution < -0.4 is 10.6 Å². The first-order chi connectivity index (χ1) is 9.52. The molecule has 1 aromatic carbocycles. The monoisotopic (exact) mass is 275 g/mol. The molecule has 0 unspecified atom stereocenters. The van der Waals surface area contributed by atoms with Crippen LogP contribution in [0, 0.1) is 12.7 Å². The van der Waals surface area contributed by atoms with Gasteiger partial charge in [-0.15, -0.1) is 0 Å². The Hall–Kier alpha value is -1.68. The van der Waals surface area contributed by atoms with E-state index in [1.165, 1.54) is 0 Å². The fourth-order valence-corrected chi connectivity index (χ4v) is 2.44. The van der Waals surface area contributed by atoms with Gasteiger partial charge in [-0.3, -0.25) is 0 Å². The summed E-state index contributed by atoms with van der Waals surface area (Å²) < 4.78 is 14.3. The highest BCUT2D eigenvalue weighted by Gasteiger charge is 2.11. The third-order valence-electron chi connectivity index (χ3n) is 3.43. The summed E-state index contributed by atoms with van der Waals surface area (Å²) in [5.74, 6) is -0.239. The number of fused-ring (bicyclic) bond motifs is 1. The summed E-state index contributed by atoms with van der Waals surface area (Å²) in [6.45, 7) is 2.57. The van der Waals surface area contributed by atoms with Gasteiger partial charge in [0.1, 0.15) is 11.3 Å². The fourth-order valence-electron chi connectivity index (χ4n) is 2.44. The summed E-state index contributed by atoms with van der Waals surface area (Å²) in [4.78, 5) is 6.33. The van der Waals surface area contributed by atoms with Crippen molar-refractivity contribution in [2.24, 2.45) is 5.73 Å². The van der Waals surface area contributed by atoms with Gasteiger partial charge < -0.3 is 10.6 Å². The molecule has 0 spiro atoms. The fraction of sp³-hybridized carbons (Fsp3) is 0.438. The number of benzene rings is 1. The van der Waals surface area contributed by atoms with Crippen molar-refractivity contribution in [2.75, 3.05) is 25.5 Å². The van der Waals surface area contributed by atoms with E-state index in [0.717, 1.165) is 41.6 Å². The van der Waals surface area contributed by atoms with E-state index in [2.05, 4.69) is 11.1 Å². The molecule has 0 bridgehead atoms. The molecule has 4 heteroatoms. The molecule has 1 aromatic heterocycles. The van der Waals surface area contributed by atoms with Gasteiger partial charge in [0.25, 0.3) is 0 Å². The Morgan fingerprint density at radius 2 is 1.95 bits per heavy atom. The van der Waals surface area contributed by atoms with Crippen LogP contribution in [0.2, 0.25) is 0 Å². The molecule has 0 aliphatic heterocycles. The summed E-state index contributed by atoms with van der Waals surface area (Å²) in [5, 5.41) is 0.878. The third-order valence-corrected chi connectivity index (χ3v) is 3.43. The number of nitrogens with zero attached hydrogens (tertiary/aromatic N) is 2. The Morgan fingerprint density at radius 3 is 2.60 bits per heavy atom. The second-order valence-corrected chi connectivity index (χ2v) is 5.40. The van der Waals surface area contributed by atoms with Crippen molar-refractivity contribution < 1.29 is 4.39 Å². The van der Waals surface area contributed by atoms with Crippen LogP contribution in [0.1, 0.15) is 24.1 Å². The van der Waals surface area contributed by atoms with E-state index in [1.807, 2.05) is 32.0 Å². The minimum Gasteiger partial charge on any atom is -0.377 e. The Balaban J connectivity index is 2.51. The normalized spacial score (nSPS) is 11.1. The Bertz CT molecular complexity index is 608. The van der Waals surface area contributed by atoms with Gasteiger partial charge in [0, 0.05) is 30.9 Å². The standard InChI is InChI=1S/C16H22FN3/c1-11-8-15(20(2)3)13-9-12(6-4-5-7-18)10-14(17)16(13)19-11/h8-10H,4-7,18H2,1-3H3. The molecular weight excluding hydrogens is 253 g/mol. The first-order valence-electron chi connectivity index (χ1n) is 7.00. The van der Waals surface area contributed by atoms with E-state index in [0.29, 0.717) is 12.1 Å². The van der Waals surface area contributed by atoms with Crippen molar-refractivity contribution in [3.05, 3.63) is 35.3 Å². The second-order valence-electron chi connectivity index (χ2n) is 5.40. The van der Waals surface area contributed by atoms with Gasteiger partial charge in [0.2, 0.25) is 0 Å². The highest BCUT2D eigenvalue weighted by molar-refractivity contribution is 5.92. The van der Waals surface area contributed by atoms with Crippen LogP contribution in [0.25, 0.3) is 10.9 Å². The van der Waals surface area contributed by atoms with E-state index in [4.69, 9.17) is 5.73 Å². The second kappa shape index (κ2) is 6.18. The van der Waals surface area contributed by atoms with Gasteiger partial charge in [-0.25, -0.2) is 9.37 Å². The average Bonchev–Trinajstić information content (AvgIpc) is 2.39. The highest BCUT2D eigenvalue weighted by atomic mass is 19.1. The van der Waals surface area contributed by atoms with E-state index in [-0.39, 0.29) is 5.82 Å². The number of hydrogen-bond acceptors (Lipinski definition) is 3. The average molecular weight is 275 g/mol. The molecule has 2 rings (SSSR count). The largest absolute Gasteiger partial charge is 0.377 e. The number of pyridine rings is 1. The maximum atomic E-state index is 14.3. The van der Waals surface area contributed by atoms with Crippen LogP contribution in [0.4, 0.5) is 10.1 Å². The summed E-state index contributed by atoms with van der Waals surface area (Å²) in [6.07, 6.45) is 2.80. The van der Waals surface area contributed by atoms with E-state index >= 15 is 0 Å². The molecule has 0 saturated heterocycles. The third kappa shape index (κ3) is 3.07. The van der Waals surface area contributed by atoms with Crippen LogP contribution in [-0.4, -0.2) is 25.6 Å². The molecule has 1 heterocycles. The van der Waals surface area contributed by atoms with Gasteiger partial charge >= 0.3 is 0 Å². The first kappa shape index (κ1) is 14.7.